The molecule has 1 aromatic heterocycles. The third-order valence-electron chi connectivity index (χ3n) is 3.43. The number of nitrogens with one attached hydrogen (secondary N) is 1. The summed E-state index contributed by atoms with van der Waals surface area (Å²) in [5, 5.41) is 2.98. The normalized spacial score (nSPS) is 10.3. The highest BCUT2D eigenvalue weighted by molar-refractivity contribution is 5.75. The van der Waals surface area contributed by atoms with Crippen molar-refractivity contribution >= 4 is 5.91 Å². The number of pyridine rings is 1. The molecule has 0 radical (unpaired) electrons. The molecule has 0 saturated heterocycles. The number of rotatable bonds is 8. The van der Waals surface area contributed by atoms with Crippen LogP contribution in [0.25, 0.3) is 0 Å². The molecule has 1 aromatic carbocycles. The zero-order valence-electron chi connectivity index (χ0n) is 12.4. The van der Waals surface area contributed by atoms with Gasteiger partial charge in [0.05, 0.1) is 0 Å². The van der Waals surface area contributed by atoms with Crippen LogP contribution in [0.15, 0.2) is 60.9 Å². The highest BCUT2D eigenvalue weighted by atomic mass is 16.1. The molecule has 0 spiro atoms. The summed E-state index contributed by atoms with van der Waals surface area (Å²) < 4.78 is 2.15. The minimum absolute atomic E-state index is 0.156. The minimum Gasteiger partial charge on any atom is -0.356 e. The van der Waals surface area contributed by atoms with Crippen molar-refractivity contribution in [3.05, 3.63) is 66.5 Å². The van der Waals surface area contributed by atoms with E-state index in [-0.39, 0.29) is 5.91 Å². The molecule has 0 aliphatic carbocycles. The summed E-state index contributed by atoms with van der Waals surface area (Å²) in [5.41, 5.74) is 1.26. The molecule has 0 atom stereocenters. The van der Waals surface area contributed by atoms with E-state index >= 15 is 0 Å². The van der Waals surface area contributed by atoms with Crippen molar-refractivity contribution in [3.63, 3.8) is 0 Å². The van der Waals surface area contributed by atoms with Crippen LogP contribution in [-0.4, -0.2) is 12.5 Å². The number of carbonyl (C=O) groups excluding carboxylic acids is 1. The lowest BCUT2D eigenvalue weighted by Gasteiger charge is -2.05. The van der Waals surface area contributed by atoms with Crippen LogP contribution < -0.4 is 9.88 Å². The van der Waals surface area contributed by atoms with Gasteiger partial charge in [0.25, 0.3) is 0 Å². The zero-order chi connectivity index (χ0) is 14.8. The quantitative estimate of drug-likeness (QED) is 0.586. The van der Waals surface area contributed by atoms with Crippen molar-refractivity contribution in [1.82, 2.24) is 5.32 Å². The molecule has 1 heterocycles. The predicted octanol–water partition coefficient (Wildman–Crippen LogP) is 2.50. The molecule has 0 bridgehead atoms. The van der Waals surface area contributed by atoms with E-state index in [0.717, 1.165) is 32.4 Å². The summed E-state index contributed by atoms with van der Waals surface area (Å²) in [6.45, 7) is 1.69. The maximum Gasteiger partial charge on any atom is 0.220 e. The number of hydrogen-bond donors (Lipinski definition) is 1. The molecule has 0 fully saturated rings. The molecule has 2 rings (SSSR count). The van der Waals surface area contributed by atoms with Gasteiger partial charge >= 0.3 is 0 Å². The lowest BCUT2D eigenvalue weighted by molar-refractivity contribution is -0.697. The van der Waals surface area contributed by atoms with Crippen LogP contribution in [0.2, 0.25) is 0 Å². The molecule has 3 heteroatoms. The van der Waals surface area contributed by atoms with E-state index in [1.807, 2.05) is 36.4 Å². The Hall–Kier alpha value is -2.16. The maximum atomic E-state index is 11.7. The number of benzene rings is 1. The average Bonchev–Trinajstić information content (AvgIpc) is 2.54. The molecule has 2 aromatic rings. The molecule has 1 N–H and O–H groups in total. The summed E-state index contributed by atoms with van der Waals surface area (Å²) in [5.74, 6) is 0.156. The van der Waals surface area contributed by atoms with E-state index < -0.39 is 0 Å². The van der Waals surface area contributed by atoms with Crippen molar-refractivity contribution in [2.24, 2.45) is 0 Å². The van der Waals surface area contributed by atoms with Gasteiger partial charge in [-0.2, -0.15) is 0 Å². The zero-order valence-corrected chi connectivity index (χ0v) is 12.4. The molecular weight excluding hydrogens is 260 g/mol. The van der Waals surface area contributed by atoms with Gasteiger partial charge in [-0.1, -0.05) is 36.4 Å². The van der Waals surface area contributed by atoms with Gasteiger partial charge in [-0.15, -0.1) is 0 Å². The number of nitrogens with zero attached hydrogens (tertiary/aromatic N) is 1. The number of aryl methyl sites for hydroxylation is 1. The summed E-state index contributed by atoms with van der Waals surface area (Å²) in [7, 11) is 0. The molecule has 21 heavy (non-hydrogen) atoms. The van der Waals surface area contributed by atoms with E-state index in [2.05, 4.69) is 34.4 Å². The van der Waals surface area contributed by atoms with Gasteiger partial charge in [-0.05, 0) is 18.4 Å². The van der Waals surface area contributed by atoms with E-state index in [4.69, 9.17) is 0 Å². The first kappa shape index (κ1) is 15.2. The van der Waals surface area contributed by atoms with Crippen LogP contribution in [-0.2, 0) is 17.8 Å². The summed E-state index contributed by atoms with van der Waals surface area (Å²) >= 11 is 0. The highest BCUT2D eigenvalue weighted by Gasteiger charge is 2.03. The minimum atomic E-state index is 0.156. The van der Waals surface area contributed by atoms with Crippen LogP contribution in [0.5, 0.6) is 0 Å². The number of unbranched alkanes of at least 4 members (excludes halogenated alkanes) is 1. The van der Waals surface area contributed by atoms with Gasteiger partial charge in [0.1, 0.15) is 6.54 Å². The maximum absolute atomic E-state index is 11.7. The molecule has 1 amide bonds. The Morgan fingerprint density at radius 1 is 0.952 bits per heavy atom. The number of amides is 1. The summed E-state index contributed by atoms with van der Waals surface area (Å²) in [6.07, 6.45) is 7.58. The second-order valence-corrected chi connectivity index (χ2v) is 5.16. The van der Waals surface area contributed by atoms with Crippen LogP contribution in [0.4, 0.5) is 0 Å². The first-order valence-corrected chi connectivity index (χ1v) is 7.59. The largest absolute Gasteiger partial charge is 0.356 e. The van der Waals surface area contributed by atoms with Crippen LogP contribution >= 0.6 is 0 Å². The van der Waals surface area contributed by atoms with Gasteiger partial charge in [-0.25, -0.2) is 4.57 Å². The second-order valence-electron chi connectivity index (χ2n) is 5.16. The topological polar surface area (TPSA) is 33.0 Å². The monoisotopic (exact) mass is 283 g/mol. The molecule has 3 nitrogen and oxygen atoms in total. The number of hydrogen-bond acceptors (Lipinski definition) is 1. The lowest BCUT2D eigenvalue weighted by Crippen LogP contribution is -2.32. The summed E-state index contributed by atoms with van der Waals surface area (Å²) in [4.78, 5) is 11.7. The van der Waals surface area contributed by atoms with Gasteiger partial charge in [-0.3, -0.25) is 4.79 Å². The van der Waals surface area contributed by atoms with E-state index in [1.54, 1.807) is 0 Å². The highest BCUT2D eigenvalue weighted by Crippen LogP contribution is 1.99. The fraction of sp³-hybridized carbons (Fsp3) is 0.333. The third kappa shape index (κ3) is 6.21. The Labute approximate surface area is 126 Å². The SMILES string of the molecule is O=C(CCCC[n+]1ccccc1)NCCc1ccccc1. The lowest BCUT2D eigenvalue weighted by atomic mass is 10.1. The fourth-order valence-corrected chi connectivity index (χ4v) is 2.24. The van der Waals surface area contributed by atoms with E-state index in [0.29, 0.717) is 6.42 Å². The Kier molecular flexibility index (Phi) is 6.46. The third-order valence-corrected chi connectivity index (χ3v) is 3.43. The summed E-state index contributed by atoms with van der Waals surface area (Å²) in [6, 6.07) is 16.3. The Balaban J connectivity index is 1.54. The molecule has 0 unspecified atom stereocenters. The van der Waals surface area contributed by atoms with E-state index in [9.17, 15) is 4.79 Å². The Morgan fingerprint density at radius 3 is 2.43 bits per heavy atom. The Bertz CT molecular complexity index is 525. The molecular formula is C18H23N2O+. The van der Waals surface area contributed by atoms with Crippen LogP contribution in [0.3, 0.4) is 0 Å². The van der Waals surface area contributed by atoms with Crippen LogP contribution in [0.1, 0.15) is 24.8 Å². The first-order chi connectivity index (χ1) is 10.3. The number of aromatic nitrogens is 1. The first-order valence-electron chi connectivity index (χ1n) is 7.59. The van der Waals surface area contributed by atoms with E-state index in [1.165, 1.54) is 5.56 Å². The van der Waals surface area contributed by atoms with Crippen molar-refractivity contribution < 1.29 is 9.36 Å². The average molecular weight is 283 g/mol. The Morgan fingerprint density at radius 2 is 1.67 bits per heavy atom. The molecule has 0 saturated carbocycles. The van der Waals surface area contributed by atoms with Crippen molar-refractivity contribution in [2.75, 3.05) is 6.54 Å². The molecule has 110 valence electrons. The van der Waals surface area contributed by atoms with Gasteiger partial charge in [0, 0.05) is 31.5 Å². The van der Waals surface area contributed by atoms with Crippen molar-refractivity contribution in [3.8, 4) is 0 Å². The fourth-order valence-electron chi connectivity index (χ4n) is 2.24. The number of carbonyl (C=O) groups is 1. The molecule has 0 aliphatic heterocycles. The smallest absolute Gasteiger partial charge is 0.220 e. The van der Waals surface area contributed by atoms with Gasteiger partial charge in [0.15, 0.2) is 12.4 Å². The second kappa shape index (κ2) is 8.90. The predicted molar refractivity (Wildman–Crippen MR) is 83.6 cm³/mol. The van der Waals surface area contributed by atoms with Gasteiger partial charge in [0.2, 0.25) is 5.91 Å². The van der Waals surface area contributed by atoms with Crippen molar-refractivity contribution in [1.29, 1.82) is 0 Å². The van der Waals surface area contributed by atoms with Crippen LogP contribution in [0, 0.1) is 0 Å². The van der Waals surface area contributed by atoms with Gasteiger partial charge < -0.3 is 5.32 Å². The van der Waals surface area contributed by atoms with Crippen molar-refractivity contribution in [2.45, 2.75) is 32.2 Å². The standard InChI is InChI=1S/C18H22N2O/c21-18(19-13-12-17-9-3-1-4-10-17)11-5-8-16-20-14-6-2-7-15-20/h1-4,6-7,9-10,14-15H,5,8,11-13,16H2/p+1. The molecule has 0 aliphatic rings.